The third-order valence-electron chi connectivity index (χ3n) is 4.30. The molecular formula is C23H24ClFeN3. The second kappa shape index (κ2) is 10.9. The van der Waals surface area contributed by atoms with Crippen LogP contribution in [0.5, 0.6) is 0 Å². The number of hydrogen-bond donors (Lipinski definition) is 0. The molecule has 1 heterocycles. The molecule has 0 saturated carbocycles. The van der Waals surface area contributed by atoms with Gasteiger partial charge < -0.3 is 0 Å². The average molecular weight is 434 g/mol. The summed E-state index contributed by atoms with van der Waals surface area (Å²) in [7, 11) is 0. The molecule has 146 valence electrons. The molecule has 0 N–H and O–H groups in total. The van der Waals surface area contributed by atoms with Crippen molar-refractivity contribution in [1.29, 1.82) is 0 Å². The first-order valence-electron chi connectivity index (χ1n) is 8.74. The van der Waals surface area contributed by atoms with Crippen LogP contribution in [0.4, 0.5) is 11.4 Å². The van der Waals surface area contributed by atoms with Gasteiger partial charge in [-0.15, -0.1) is 12.4 Å². The Kier molecular flexibility index (Phi) is 9.27. The van der Waals surface area contributed by atoms with Crippen molar-refractivity contribution in [3.05, 3.63) is 89.2 Å². The molecule has 1 aromatic heterocycles. The molecule has 0 radical (unpaired) electrons. The van der Waals surface area contributed by atoms with Gasteiger partial charge in [-0.25, -0.2) is 4.98 Å². The molecule has 0 atom stereocenters. The van der Waals surface area contributed by atoms with Crippen LogP contribution in [0.3, 0.4) is 0 Å². The minimum Gasteiger partial charge on any atom is -0.251 e. The topological polar surface area (TPSA) is 37.6 Å². The Morgan fingerprint density at radius 3 is 1.43 bits per heavy atom. The molecule has 0 unspecified atom stereocenters. The molecule has 2 aromatic carbocycles. The summed E-state index contributed by atoms with van der Waals surface area (Å²) < 4.78 is 0. The second-order valence-corrected chi connectivity index (χ2v) is 6.38. The molecule has 28 heavy (non-hydrogen) atoms. The maximum absolute atomic E-state index is 4.76. The molecule has 0 bridgehead atoms. The minimum atomic E-state index is 0. The van der Waals surface area contributed by atoms with E-state index in [-0.39, 0.29) is 29.5 Å². The number of halogens is 1. The Balaban J connectivity index is 0.00000196. The van der Waals surface area contributed by atoms with E-state index in [0.29, 0.717) is 0 Å². The van der Waals surface area contributed by atoms with Crippen LogP contribution in [0.1, 0.15) is 36.4 Å². The van der Waals surface area contributed by atoms with Gasteiger partial charge in [0, 0.05) is 17.1 Å². The Morgan fingerprint density at radius 1 is 0.643 bits per heavy atom. The van der Waals surface area contributed by atoms with Crippen molar-refractivity contribution < 1.29 is 17.1 Å². The zero-order valence-corrected chi connectivity index (χ0v) is 18.4. The van der Waals surface area contributed by atoms with Crippen molar-refractivity contribution in [2.75, 3.05) is 0 Å². The molecule has 0 amide bonds. The van der Waals surface area contributed by atoms with Gasteiger partial charge in [0.2, 0.25) is 0 Å². The van der Waals surface area contributed by atoms with Gasteiger partial charge in [0.15, 0.2) is 0 Å². The minimum absolute atomic E-state index is 0. The number of hydrogen-bond acceptors (Lipinski definition) is 3. The zero-order chi connectivity index (χ0) is 18.5. The van der Waals surface area contributed by atoms with Crippen LogP contribution in [0.2, 0.25) is 0 Å². The number of aromatic nitrogens is 1. The van der Waals surface area contributed by atoms with Crippen molar-refractivity contribution in [3.8, 4) is 0 Å². The average Bonchev–Trinajstić information content (AvgIpc) is 2.65. The van der Waals surface area contributed by atoms with Crippen molar-refractivity contribution in [3.63, 3.8) is 0 Å². The largest absolute Gasteiger partial charge is 0.251 e. The SMILES string of the molecule is C/C(=N\c1ccccc1C)c1cccc(/C(C)=N/c2ccccc2C)n1.Cl.[Fe]. The van der Waals surface area contributed by atoms with E-state index in [1.165, 1.54) is 0 Å². The van der Waals surface area contributed by atoms with Gasteiger partial charge in [0.25, 0.3) is 0 Å². The number of aliphatic imine (C=N–C) groups is 2. The van der Waals surface area contributed by atoms with Crippen LogP contribution >= 0.6 is 12.4 Å². The predicted molar refractivity (Wildman–Crippen MR) is 118 cm³/mol. The third-order valence-corrected chi connectivity index (χ3v) is 4.30. The van der Waals surface area contributed by atoms with E-state index < -0.39 is 0 Å². The summed E-state index contributed by atoms with van der Waals surface area (Å²) in [6.07, 6.45) is 0. The fourth-order valence-corrected chi connectivity index (χ4v) is 2.69. The van der Waals surface area contributed by atoms with Crippen LogP contribution in [0.15, 0.2) is 76.7 Å². The summed E-state index contributed by atoms with van der Waals surface area (Å²) in [4.78, 5) is 14.2. The summed E-state index contributed by atoms with van der Waals surface area (Å²) in [6, 6.07) is 22.2. The quantitative estimate of drug-likeness (QED) is 0.346. The number of pyridine rings is 1. The number of para-hydroxylation sites is 2. The van der Waals surface area contributed by atoms with Gasteiger partial charge in [-0.3, -0.25) is 9.98 Å². The number of aryl methyl sites for hydroxylation is 2. The maximum atomic E-state index is 4.76. The van der Waals surface area contributed by atoms with Gasteiger partial charge in [-0.1, -0.05) is 42.5 Å². The maximum Gasteiger partial charge on any atom is 0.0849 e. The number of benzene rings is 2. The molecule has 0 spiro atoms. The van der Waals surface area contributed by atoms with Crippen molar-refractivity contribution in [2.45, 2.75) is 27.7 Å². The van der Waals surface area contributed by atoms with Crippen LogP contribution in [0.25, 0.3) is 0 Å². The van der Waals surface area contributed by atoms with Crippen LogP contribution in [-0.2, 0) is 17.1 Å². The monoisotopic (exact) mass is 433 g/mol. The fourth-order valence-electron chi connectivity index (χ4n) is 2.69. The summed E-state index contributed by atoms with van der Waals surface area (Å²) >= 11 is 0. The van der Waals surface area contributed by atoms with Crippen molar-refractivity contribution in [1.82, 2.24) is 4.98 Å². The third kappa shape index (κ3) is 5.87. The first kappa shape index (κ1) is 23.8. The van der Waals surface area contributed by atoms with Gasteiger partial charge in [0.05, 0.1) is 34.2 Å². The summed E-state index contributed by atoms with van der Waals surface area (Å²) in [5, 5.41) is 0. The van der Waals surface area contributed by atoms with E-state index in [2.05, 4.69) is 26.0 Å². The van der Waals surface area contributed by atoms with Crippen molar-refractivity contribution >= 4 is 35.2 Å². The number of rotatable bonds is 4. The van der Waals surface area contributed by atoms with Crippen LogP contribution < -0.4 is 0 Å². The first-order valence-corrected chi connectivity index (χ1v) is 8.74. The molecule has 3 rings (SSSR count). The number of nitrogens with zero attached hydrogens (tertiary/aromatic N) is 3. The Labute approximate surface area is 183 Å². The Morgan fingerprint density at radius 2 is 1.04 bits per heavy atom. The van der Waals surface area contributed by atoms with E-state index >= 15 is 0 Å². The normalized spacial score (nSPS) is 11.4. The van der Waals surface area contributed by atoms with Gasteiger partial charge in [0.1, 0.15) is 0 Å². The molecule has 0 aliphatic heterocycles. The molecule has 5 heteroatoms. The van der Waals surface area contributed by atoms with Crippen LogP contribution in [0, 0.1) is 13.8 Å². The van der Waals surface area contributed by atoms with Crippen LogP contribution in [-0.4, -0.2) is 16.4 Å². The molecular weight excluding hydrogens is 410 g/mol. The molecule has 0 fully saturated rings. The second-order valence-electron chi connectivity index (χ2n) is 6.38. The molecule has 3 nitrogen and oxygen atoms in total. The standard InChI is InChI=1S/C23H23N3.ClH.Fe/c1-16-10-5-7-12-20(16)24-18(3)22-14-9-15-23(26-22)19(4)25-21-13-8-6-11-17(21)2;;/h5-15H,1-4H3;1H;/b24-18+,25-19+;;. The smallest absolute Gasteiger partial charge is 0.0849 e. The Hall–Kier alpha value is -2.26. The van der Waals surface area contributed by atoms with Gasteiger partial charge in [-0.2, -0.15) is 0 Å². The Bertz CT molecular complexity index is 920. The van der Waals surface area contributed by atoms with E-state index in [1.54, 1.807) is 0 Å². The van der Waals surface area contributed by atoms with E-state index in [9.17, 15) is 0 Å². The van der Waals surface area contributed by atoms with Gasteiger partial charge >= 0.3 is 0 Å². The molecule has 0 aliphatic rings. The van der Waals surface area contributed by atoms with Crippen molar-refractivity contribution in [2.24, 2.45) is 9.98 Å². The summed E-state index contributed by atoms with van der Waals surface area (Å²) in [6.45, 7) is 8.11. The van der Waals surface area contributed by atoms with E-state index in [0.717, 1.165) is 45.3 Å². The van der Waals surface area contributed by atoms with E-state index in [4.69, 9.17) is 15.0 Å². The zero-order valence-electron chi connectivity index (χ0n) is 16.5. The molecule has 0 saturated heterocycles. The fraction of sp³-hybridized carbons (Fsp3) is 0.174. The van der Waals surface area contributed by atoms with E-state index in [1.807, 2.05) is 68.4 Å². The first-order chi connectivity index (χ1) is 12.5. The predicted octanol–water partition coefficient (Wildman–Crippen LogP) is 6.40. The van der Waals surface area contributed by atoms with Gasteiger partial charge in [-0.05, 0) is 63.1 Å². The summed E-state index contributed by atoms with van der Waals surface area (Å²) in [5.41, 5.74) is 7.77. The molecule has 0 aliphatic carbocycles. The summed E-state index contributed by atoms with van der Waals surface area (Å²) in [5.74, 6) is 0. The molecule has 3 aromatic rings.